The molecule has 0 radical (unpaired) electrons. The number of fused-ring (bicyclic) bond motifs is 5. The number of carbonyl (C=O) groups is 3. The van der Waals surface area contributed by atoms with Crippen LogP contribution in [0.15, 0.2) is 18.2 Å². The fourth-order valence-electron chi connectivity index (χ4n) is 7.15. The zero-order valence-corrected chi connectivity index (χ0v) is 26.0. The van der Waals surface area contributed by atoms with E-state index in [9.17, 15) is 18.8 Å². The zero-order valence-electron chi connectivity index (χ0n) is 26.0. The lowest BCUT2D eigenvalue weighted by Crippen LogP contribution is -2.57. The summed E-state index contributed by atoms with van der Waals surface area (Å²) in [5.74, 6) is -0.586. The maximum Gasteiger partial charge on any atom is 0.408 e. The lowest BCUT2D eigenvalue weighted by molar-refractivity contribution is -0.141. The number of carbonyl (C=O) groups excluding carboxylic acids is 3. The summed E-state index contributed by atoms with van der Waals surface area (Å²) in [5.41, 5.74) is 1.04. The summed E-state index contributed by atoms with van der Waals surface area (Å²) in [6.07, 6.45) is 6.55. The van der Waals surface area contributed by atoms with E-state index in [0.29, 0.717) is 35.4 Å². The van der Waals surface area contributed by atoms with Crippen molar-refractivity contribution in [3.05, 3.63) is 29.7 Å². The van der Waals surface area contributed by atoms with E-state index in [0.717, 1.165) is 44.9 Å². The van der Waals surface area contributed by atoms with Gasteiger partial charge in [0.05, 0.1) is 23.6 Å². The molecule has 10 heteroatoms. The molecule has 2 fully saturated rings. The maximum absolute atomic E-state index is 14.2. The Morgan fingerprint density at radius 2 is 1.79 bits per heavy atom. The Kier molecular flexibility index (Phi) is 9.23. The lowest BCUT2D eigenvalue weighted by Gasteiger charge is -2.35. The van der Waals surface area contributed by atoms with Crippen LogP contribution in [0.1, 0.15) is 91.7 Å². The quantitative estimate of drug-likeness (QED) is 0.469. The van der Waals surface area contributed by atoms with E-state index < -0.39 is 35.5 Å². The van der Waals surface area contributed by atoms with Crippen molar-refractivity contribution in [3.8, 4) is 5.88 Å². The predicted molar refractivity (Wildman–Crippen MR) is 160 cm³/mol. The molecule has 1 saturated carbocycles. The number of nitrogens with one attached hydrogen (secondary N) is 1. The highest BCUT2D eigenvalue weighted by Crippen LogP contribution is 2.36. The molecule has 43 heavy (non-hydrogen) atoms. The van der Waals surface area contributed by atoms with Gasteiger partial charge >= 0.3 is 6.09 Å². The molecule has 6 atom stereocenters. The second kappa shape index (κ2) is 12.7. The van der Waals surface area contributed by atoms with E-state index in [-0.39, 0.29) is 36.2 Å². The summed E-state index contributed by atoms with van der Waals surface area (Å²) in [6, 6.07) is 2.72. The molecule has 1 aliphatic carbocycles. The molecular formula is C33H45FN4O5. The number of ether oxygens (including phenoxy) is 2. The molecule has 1 N–H and O–H groups in total. The number of hydrogen-bond acceptors (Lipinski definition) is 7. The first kappa shape index (κ1) is 31.1. The van der Waals surface area contributed by atoms with E-state index in [1.807, 2.05) is 27.7 Å². The molecular weight excluding hydrogens is 551 g/mol. The van der Waals surface area contributed by atoms with Gasteiger partial charge in [-0.1, -0.05) is 40.5 Å². The van der Waals surface area contributed by atoms with E-state index >= 15 is 0 Å². The van der Waals surface area contributed by atoms with Crippen molar-refractivity contribution in [1.29, 1.82) is 0 Å². The third-order valence-corrected chi connectivity index (χ3v) is 9.40. The highest BCUT2D eigenvalue weighted by Gasteiger charge is 2.50. The normalized spacial score (nSPS) is 29.1. The zero-order chi connectivity index (χ0) is 30.9. The number of Topliss-reactive ketones (excluding diaryl/α,β-unsaturated/α-hetero) is 1. The van der Waals surface area contributed by atoms with Gasteiger partial charge in [-0.15, -0.1) is 0 Å². The lowest BCUT2D eigenvalue weighted by atomic mass is 9.85. The smallest absolute Gasteiger partial charge is 0.408 e. The number of hydrogen-bond donors (Lipinski definition) is 1. The van der Waals surface area contributed by atoms with E-state index in [1.54, 1.807) is 11.0 Å². The van der Waals surface area contributed by atoms with Gasteiger partial charge in [-0.2, -0.15) is 0 Å². The maximum atomic E-state index is 14.2. The van der Waals surface area contributed by atoms with Gasteiger partial charge < -0.3 is 19.7 Å². The van der Waals surface area contributed by atoms with Crippen LogP contribution < -0.4 is 10.1 Å². The average molecular weight is 597 g/mol. The van der Waals surface area contributed by atoms with Crippen molar-refractivity contribution in [2.45, 2.75) is 117 Å². The van der Waals surface area contributed by atoms with Crippen molar-refractivity contribution in [2.24, 2.45) is 17.3 Å². The summed E-state index contributed by atoms with van der Waals surface area (Å²) in [4.78, 5) is 51.6. The van der Waals surface area contributed by atoms with Crippen molar-refractivity contribution in [3.63, 3.8) is 0 Å². The van der Waals surface area contributed by atoms with Crippen LogP contribution in [0.3, 0.4) is 0 Å². The molecule has 2 aliphatic heterocycles. The fraction of sp³-hybridized carbons (Fsp3) is 0.667. The van der Waals surface area contributed by atoms with Crippen LogP contribution >= 0.6 is 0 Å². The Bertz CT molecular complexity index is 1360. The standard InChI is InChI=1S/C33H45FN4O5/c1-6-22-27-18-38(28(22)19(2)39)31(40)29(33(3,4)5)37-32(41)43-26-14-10-12-20(26)11-8-7-9-13-24-30(42-27)36-25-17-21(34)15-16-23(25)35-24/h15-17,20,22,26-29H,6-14,18H2,1-5H3,(H,37,41)/t20-,22-,26-,27+,28-,29-/m1/s1. The molecule has 3 aliphatic rings. The first-order valence-corrected chi connectivity index (χ1v) is 15.9. The predicted octanol–water partition coefficient (Wildman–Crippen LogP) is 5.77. The molecule has 0 spiro atoms. The third-order valence-electron chi connectivity index (χ3n) is 9.40. The molecule has 3 heterocycles. The van der Waals surface area contributed by atoms with Crippen LogP contribution in [-0.4, -0.2) is 63.5 Å². The van der Waals surface area contributed by atoms with Crippen LogP contribution in [0.2, 0.25) is 0 Å². The van der Waals surface area contributed by atoms with Crippen molar-refractivity contribution < 1.29 is 28.2 Å². The van der Waals surface area contributed by atoms with E-state index in [1.165, 1.54) is 19.1 Å². The minimum absolute atomic E-state index is 0.145. The van der Waals surface area contributed by atoms with Crippen LogP contribution in [0.4, 0.5) is 9.18 Å². The number of alkyl carbamates (subject to hydrolysis) is 1. The van der Waals surface area contributed by atoms with Gasteiger partial charge in [0.25, 0.3) is 0 Å². The molecule has 2 aromatic rings. The fourth-order valence-corrected chi connectivity index (χ4v) is 7.15. The second-order valence-electron chi connectivity index (χ2n) is 13.6. The summed E-state index contributed by atoms with van der Waals surface area (Å²) in [7, 11) is 0. The minimum Gasteiger partial charge on any atom is -0.471 e. The molecule has 1 aromatic carbocycles. The topological polar surface area (TPSA) is 111 Å². The largest absolute Gasteiger partial charge is 0.471 e. The van der Waals surface area contributed by atoms with Crippen molar-refractivity contribution in [2.75, 3.05) is 6.54 Å². The van der Waals surface area contributed by atoms with Crippen molar-refractivity contribution >= 4 is 28.8 Å². The summed E-state index contributed by atoms with van der Waals surface area (Å²) in [5, 5.41) is 2.88. The van der Waals surface area contributed by atoms with Crippen LogP contribution in [-0.2, 0) is 20.7 Å². The Hall–Kier alpha value is -3.30. The van der Waals surface area contributed by atoms with Gasteiger partial charge in [0.2, 0.25) is 11.8 Å². The molecule has 1 aromatic heterocycles. The average Bonchev–Trinajstić information content (AvgIpc) is 3.54. The Labute approximate surface area is 253 Å². The number of amides is 2. The Morgan fingerprint density at radius 1 is 1.02 bits per heavy atom. The number of halogens is 1. The number of nitrogens with zero attached hydrogens (tertiary/aromatic N) is 3. The van der Waals surface area contributed by atoms with Crippen LogP contribution in [0, 0.1) is 23.1 Å². The summed E-state index contributed by atoms with van der Waals surface area (Å²) in [6.45, 7) is 9.28. The number of aryl methyl sites for hydroxylation is 1. The first-order valence-electron chi connectivity index (χ1n) is 15.9. The van der Waals surface area contributed by atoms with Crippen molar-refractivity contribution in [1.82, 2.24) is 20.2 Å². The van der Waals surface area contributed by atoms with Gasteiger partial charge in [-0.05, 0) is 75.3 Å². The first-order chi connectivity index (χ1) is 20.5. The van der Waals surface area contributed by atoms with Gasteiger partial charge in [-0.25, -0.2) is 19.2 Å². The molecule has 234 valence electrons. The number of aromatic nitrogens is 2. The van der Waals surface area contributed by atoms with Gasteiger partial charge in [0.15, 0.2) is 5.78 Å². The van der Waals surface area contributed by atoms with E-state index in [4.69, 9.17) is 19.4 Å². The molecule has 2 amide bonds. The third kappa shape index (κ3) is 6.78. The number of rotatable bonds is 2. The monoisotopic (exact) mass is 596 g/mol. The van der Waals surface area contributed by atoms with Crippen LogP contribution in [0.5, 0.6) is 5.88 Å². The van der Waals surface area contributed by atoms with Crippen LogP contribution in [0.25, 0.3) is 11.0 Å². The molecule has 2 bridgehead atoms. The second-order valence-corrected chi connectivity index (χ2v) is 13.6. The Morgan fingerprint density at radius 3 is 2.51 bits per heavy atom. The van der Waals surface area contributed by atoms with E-state index in [2.05, 4.69) is 5.32 Å². The molecule has 1 saturated heterocycles. The molecule has 5 rings (SSSR count). The van der Waals surface area contributed by atoms with Gasteiger partial charge in [0.1, 0.15) is 29.8 Å². The number of ketones is 1. The molecule has 9 nitrogen and oxygen atoms in total. The summed E-state index contributed by atoms with van der Waals surface area (Å²) >= 11 is 0. The Balaban J connectivity index is 1.54. The highest BCUT2D eigenvalue weighted by molar-refractivity contribution is 5.92. The summed E-state index contributed by atoms with van der Waals surface area (Å²) < 4.78 is 26.6. The minimum atomic E-state index is -0.907. The molecule has 0 unspecified atom stereocenters. The SMILES string of the molecule is CC[C@@H]1[C@@H]2CN(C(=O)[C@H](C(C)(C)C)NC(=O)O[C@@H]3CCC[C@H]3CCCCCc3nc4ccc(F)cc4nc3O2)[C@@H]1C(C)=O. The number of benzene rings is 1. The van der Waals surface area contributed by atoms with Gasteiger partial charge in [0, 0.05) is 12.0 Å². The van der Waals surface area contributed by atoms with Gasteiger partial charge in [-0.3, -0.25) is 9.59 Å². The highest BCUT2D eigenvalue weighted by atomic mass is 19.1.